The maximum Gasteiger partial charge on any atom is 0.679 e. The van der Waals surface area contributed by atoms with Gasteiger partial charge in [-0.2, -0.15) is 0 Å². The summed E-state index contributed by atoms with van der Waals surface area (Å²) in [5.41, 5.74) is 0. The Hall–Kier alpha value is -0.0662. The quantitative estimate of drug-likeness (QED) is 0.347. The molecule has 0 aromatic rings. The second-order valence-corrected chi connectivity index (χ2v) is 8.25. The molecule has 6 nitrogen and oxygen atoms in total. The summed E-state index contributed by atoms with van der Waals surface area (Å²) in [6.45, 7) is 18.9. The third kappa shape index (κ3) is 14.0. The van der Waals surface area contributed by atoms with Crippen LogP contribution >= 0.6 is 0 Å². The minimum Gasteiger partial charge on any atom is -0.397 e. The van der Waals surface area contributed by atoms with Crippen LogP contribution < -0.4 is 0 Å². The molecule has 0 spiro atoms. The lowest BCUT2D eigenvalue weighted by Gasteiger charge is -2.26. The van der Waals surface area contributed by atoms with Gasteiger partial charge in [0.1, 0.15) is 0 Å². The van der Waals surface area contributed by atoms with E-state index >= 15 is 0 Å². The maximum atomic E-state index is 5.42. The van der Waals surface area contributed by atoms with E-state index in [1.165, 1.54) is 0 Å². The molecule has 0 rings (SSSR count). The van der Waals surface area contributed by atoms with Crippen molar-refractivity contribution in [2.24, 2.45) is 0 Å². The Morgan fingerprint density at radius 2 is 1.04 bits per heavy atom. The fraction of sp³-hybridized carbons (Fsp3) is 0.867. The molecule has 0 atom stereocenters. The first-order valence-corrected chi connectivity index (χ1v) is 11.9. The van der Waals surface area contributed by atoms with E-state index < -0.39 is 18.3 Å². The second-order valence-electron chi connectivity index (χ2n) is 4.10. The highest BCUT2D eigenvalue weighted by atomic mass is 28.4. The first-order chi connectivity index (χ1) is 11.1. The van der Waals surface area contributed by atoms with Gasteiger partial charge in [-0.3, -0.25) is 0 Å². The largest absolute Gasteiger partial charge is 0.679 e. The third-order valence-corrected chi connectivity index (χ3v) is 7.05. The van der Waals surface area contributed by atoms with Crippen molar-refractivity contribution >= 4 is 18.3 Å². The van der Waals surface area contributed by atoms with Crippen molar-refractivity contribution in [3.63, 3.8) is 0 Å². The van der Waals surface area contributed by atoms with E-state index in [2.05, 4.69) is 6.58 Å². The van der Waals surface area contributed by atoms with Crippen LogP contribution in [0.1, 0.15) is 41.5 Å². The minimum absolute atomic E-state index is 0.548. The highest BCUT2D eigenvalue weighted by Gasteiger charge is 2.44. The molecule has 0 aromatic heterocycles. The third-order valence-electron chi connectivity index (χ3n) is 2.35. The first-order valence-electron chi connectivity index (χ1n) is 8.49. The SMILES string of the molecule is C=CC[SiH](OCC)OCC.CCO[Si](OCC)(OCC)OCC. The van der Waals surface area contributed by atoms with Gasteiger partial charge < -0.3 is 26.6 Å². The van der Waals surface area contributed by atoms with Gasteiger partial charge in [-0.25, -0.2) is 0 Å². The molecule has 0 fully saturated rings. The summed E-state index contributed by atoms with van der Waals surface area (Å²) in [5, 5.41) is 0. The van der Waals surface area contributed by atoms with Crippen LogP contribution in [0.4, 0.5) is 0 Å². The Balaban J connectivity index is 0. The zero-order valence-electron chi connectivity index (χ0n) is 15.8. The topological polar surface area (TPSA) is 55.4 Å². The van der Waals surface area contributed by atoms with Gasteiger partial charge >= 0.3 is 18.3 Å². The highest BCUT2D eigenvalue weighted by Crippen LogP contribution is 2.11. The van der Waals surface area contributed by atoms with Gasteiger partial charge in [-0.1, -0.05) is 6.08 Å². The van der Waals surface area contributed by atoms with Crippen LogP contribution in [-0.4, -0.2) is 58.0 Å². The van der Waals surface area contributed by atoms with Crippen molar-refractivity contribution < 1.29 is 26.6 Å². The lowest BCUT2D eigenvalue weighted by molar-refractivity contribution is -0.0247. The predicted octanol–water partition coefficient (Wildman–Crippen LogP) is 3.03. The van der Waals surface area contributed by atoms with E-state index in [9.17, 15) is 0 Å². The zero-order chi connectivity index (χ0) is 18.0. The fourth-order valence-electron chi connectivity index (χ4n) is 1.65. The van der Waals surface area contributed by atoms with Crippen molar-refractivity contribution in [3.8, 4) is 0 Å². The lowest BCUT2D eigenvalue weighted by Crippen LogP contribution is -2.49. The molecule has 0 bridgehead atoms. The second kappa shape index (κ2) is 18.3. The van der Waals surface area contributed by atoms with Crippen molar-refractivity contribution in [1.82, 2.24) is 0 Å². The summed E-state index contributed by atoms with van der Waals surface area (Å²) in [5.74, 6) is 0. The van der Waals surface area contributed by atoms with Crippen LogP contribution in [0.3, 0.4) is 0 Å². The number of hydrogen-bond acceptors (Lipinski definition) is 6. The molecule has 0 amide bonds. The molecular weight excluding hydrogens is 332 g/mol. The predicted molar refractivity (Wildman–Crippen MR) is 97.7 cm³/mol. The molecule has 140 valence electrons. The van der Waals surface area contributed by atoms with Gasteiger partial charge in [0, 0.05) is 45.7 Å². The van der Waals surface area contributed by atoms with Gasteiger partial charge in [-0.05, 0) is 41.5 Å². The van der Waals surface area contributed by atoms with Crippen LogP contribution in [0.5, 0.6) is 0 Å². The number of rotatable bonds is 14. The summed E-state index contributed by atoms with van der Waals surface area (Å²) in [4.78, 5) is 0. The zero-order valence-corrected chi connectivity index (χ0v) is 17.9. The molecule has 0 radical (unpaired) electrons. The fourth-order valence-corrected chi connectivity index (χ4v) is 4.95. The molecule has 0 heterocycles. The molecule has 0 aromatic carbocycles. The Kier molecular flexibility index (Phi) is 20.0. The molecule has 0 aliphatic rings. The smallest absolute Gasteiger partial charge is 0.397 e. The molecule has 0 aliphatic heterocycles. The van der Waals surface area contributed by atoms with Crippen molar-refractivity contribution in [1.29, 1.82) is 0 Å². The van der Waals surface area contributed by atoms with Crippen LogP contribution in [0.15, 0.2) is 12.7 Å². The molecule has 0 aliphatic carbocycles. The van der Waals surface area contributed by atoms with E-state index in [1.807, 2.05) is 47.6 Å². The average Bonchev–Trinajstić information content (AvgIpc) is 2.50. The summed E-state index contributed by atoms with van der Waals surface area (Å²) in [6.07, 6.45) is 1.86. The van der Waals surface area contributed by atoms with Crippen LogP contribution in [0.2, 0.25) is 6.04 Å². The van der Waals surface area contributed by atoms with Gasteiger partial charge in [0.15, 0.2) is 0 Å². The molecule has 23 heavy (non-hydrogen) atoms. The summed E-state index contributed by atoms with van der Waals surface area (Å²) in [6, 6.07) is 0.904. The Morgan fingerprint density at radius 1 is 0.696 bits per heavy atom. The van der Waals surface area contributed by atoms with E-state index in [4.69, 9.17) is 26.6 Å². The summed E-state index contributed by atoms with van der Waals surface area (Å²) in [7, 11) is -4.15. The van der Waals surface area contributed by atoms with Gasteiger partial charge in [0.2, 0.25) is 0 Å². The molecule has 0 saturated carbocycles. The lowest BCUT2D eigenvalue weighted by atomic mass is 10.8. The first kappa shape index (κ1) is 25.2. The number of hydrogen-bond donors (Lipinski definition) is 0. The van der Waals surface area contributed by atoms with Crippen molar-refractivity contribution in [2.75, 3.05) is 39.6 Å². The van der Waals surface area contributed by atoms with Crippen LogP contribution in [-0.2, 0) is 26.6 Å². The van der Waals surface area contributed by atoms with E-state index in [-0.39, 0.29) is 0 Å². The number of allylic oxidation sites excluding steroid dienone is 1. The Morgan fingerprint density at radius 3 is 1.26 bits per heavy atom. The van der Waals surface area contributed by atoms with Crippen LogP contribution in [0.25, 0.3) is 0 Å². The summed E-state index contributed by atoms with van der Waals surface area (Å²) >= 11 is 0. The average molecular weight is 369 g/mol. The standard InChI is InChI=1S/C8H20O4Si.C7H16O2Si/c1-5-9-13(10-6-2,11-7-3)12-8-4;1-4-7-10(8-5-2)9-6-3/h5-8H2,1-4H3;4,10H,1,5-7H2,2-3H3. The monoisotopic (exact) mass is 368 g/mol. The van der Waals surface area contributed by atoms with E-state index in [1.54, 1.807) is 0 Å². The molecule has 8 heteroatoms. The Bertz CT molecular complexity index is 221. The van der Waals surface area contributed by atoms with Gasteiger partial charge in [-0.15, -0.1) is 6.58 Å². The normalized spacial score (nSPS) is 11.3. The molecule has 0 saturated heterocycles. The van der Waals surface area contributed by atoms with Crippen molar-refractivity contribution in [3.05, 3.63) is 12.7 Å². The van der Waals surface area contributed by atoms with E-state index in [0.29, 0.717) is 26.4 Å². The maximum absolute atomic E-state index is 5.42. The van der Waals surface area contributed by atoms with Crippen LogP contribution in [0, 0.1) is 0 Å². The molecule has 0 unspecified atom stereocenters. The van der Waals surface area contributed by atoms with Crippen molar-refractivity contribution in [2.45, 2.75) is 47.6 Å². The highest BCUT2D eigenvalue weighted by molar-refractivity contribution is 6.53. The van der Waals surface area contributed by atoms with E-state index in [0.717, 1.165) is 19.3 Å². The minimum atomic E-state index is -2.80. The molecular formula is C15H36O6Si2. The molecule has 0 N–H and O–H groups in total. The van der Waals surface area contributed by atoms with Gasteiger partial charge in [0.25, 0.3) is 0 Å². The summed E-state index contributed by atoms with van der Waals surface area (Å²) < 4.78 is 32.4. The van der Waals surface area contributed by atoms with Gasteiger partial charge in [0.05, 0.1) is 0 Å². The Labute approximate surface area is 145 Å².